The van der Waals surface area contributed by atoms with E-state index in [1.807, 2.05) is 32.9 Å². The van der Waals surface area contributed by atoms with Crippen LogP contribution >= 0.6 is 0 Å². The van der Waals surface area contributed by atoms with Crippen LogP contribution in [0.2, 0.25) is 0 Å². The topological polar surface area (TPSA) is 76.1 Å². The highest BCUT2D eigenvalue weighted by Crippen LogP contribution is 2.13. The van der Waals surface area contributed by atoms with Gasteiger partial charge in [-0.05, 0) is 50.6 Å². The maximum atomic E-state index is 11.6. The summed E-state index contributed by atoms with van der Waals surface area (Å²) in [5, 5.41) is 5.84. The maximum Gasteiger partial charge on any atom is 0.412 e. The molecule has 0 aliphatic rings. The van der Waals surface area contributed by atoms with Crippen molar-refractivity contribution in [2.75, 3.05) is 10.6 Å². The van der Waals surface area contributed by atoms with Crippen LogP contribution in [0, 0.1) is 0 Å². The minimum absolute atomic E-state index is 0.494. The molecule has 6 nitrogen and oxygen atoms in total. The molecule has 2 heterocycles. The van der Waals surface area contributed by atoms with Crippen LogP contribution in [0.5, 0.6) is 0 Å². The van der Waals surface area contributed by atoms with Gasteiger partial charge in [-0.3, -0.25) is 10.3 Å². The molecule has 0 saturated heterocycles. The van der Waals surface area contributed by atoms with Gasteiger partial charge < -0.3 is 10.1 Å². The average molecular weight is 300 g/mol. The van der Waals surface area contributed by atoms with Crippen LogP contribution in [-0.4, -0.2) is 21.7 Å². The fourth-order valence-electron chi connectivity index (χ4n) is 1.69. The Labute approximate surface area is 129 Å². The molecule has 0 spiro atoms. The SMILES string of the molecule is CC(C)(C)OC(=O)Nc1ccc(NCc2ccncc2)nc1. The molecule has 2 N–H and O–H groups in total. The second-order valence-corrected chi connectivity index (χ2v) is 5.77. The molecule has 0 fully saturated rings. The summed E-state index contributed by atoms with van der Waals surface area (Å²) in [5.41, 5.74) is 1.18. The number of amides is 1. The summed E-state index contributed by atoms with van der Waals surface area (Å²) in [6.07, 6.45) is 4.59. The van der Waals surface area contributed by atoms with Gasteiger partial charge in [-0.2, -0.15) is 0 Å². The maximum absolute atomic E-state index is 11.6. The van der Waals surface area contributed by atoms with Gasteiger partial charge in [0.2, 0.25) is 0 Å². The highest BCUT2D eigenvalue weighted by Gasteiger charge is 2.16. The number of rotatable bonds is 4. The Morgan fingerprint density at radius 1 is 1.18 bits per heavy atom. The number of anilines is 2. The quantitative estimate of drug-likeness (QED) is 0.904. The van der Waals surface area contributed by atoms with Crippen molar-refractivity contribution in [3.8, 4) is 0 Å². The normalized spacial score (nSPS) is 10.9. The molecule has 1 amide bonds. The van der Waals surface area contributed by atoms with Gasteiger partial charge in [-0.25, -0.2) is 9.78 Å². The highest BCUT2D eigenvalue weighted by atomic mass is 16.6. The van der Waals surface area contributed by atoms with Gasteiger partial charge in [0.15, 0.2) is 0 Å². The molecule has 6 heteroatoms. The van der Waals surface area contributed by atoms with Gasteiger partial charge in [-0.1, -0.05) is 0 Å². The number of hydrogen-bond acceptors (Lipinski definition) is 5. The summed E-state index contributed by atoms with van der Waals surface area (Å²) in [4.78, 5) is 19.9. The van der Waals surface area contributed by atoms with E-state index in [9.17, 15) is 4.79 Å². The molecule has 2 aromatic rings. The Morgan fingerprint density at radius 3 is 2.50 bits per heavy atom. The summed E-state index contributed by atoms with van der Waals surface area (Å²) in [5.74, 6) is 0.728. The van der Waals surface area contributed by atoms with Gasteiger partial charge in [-0.15, -0.1) is 0 Å². The number of aromatic nitrogens is 2. The van der Waals surface area contributed by atoms with Crippen LogP contribution < -0.4 is 10.6 Å². The van der Waals surface area contributed by atoms with Crippen LogP contribution in [0.3, 0.4) is 0 Å². The van der Waals surface area contributed by atoms with Crippen molar-refractivity contribution in [2.24, 2.45) is 0 Å². The zero-order chi connectivity index (χ0) is 16.0. The second kappa shape index (κ2) is 6.89. The predicted molar refractivity (Wildman–Crippen MR) is 85.7 cm³/mol. The lowest BCUT2D eigenvalue weighted by atomic mass is 10.2. The summed E-state index contributed by atoms with van der Waals surface area (Å²) < 4.78 is 5.18. The molecule has 0 atom stereocenters. The van der Waals surface area contributed by atoms with Gasteiger partial charge in [0.25, 0.3) is 0 Å². The molecule has 2 rings (SSSR count). The average Bonchev–Trinajstić information content (AvgIpc) is 2.45. The monoisotopic (exact) mass is 300 g/mol. The smallest absolute Gasteiger partial charge is 0.412 e. The standard InChI is InChI=1S/C16H20N4O2/c1-16(2,3)22-15(21)20-13-4-5-14(19-11-13)18-10-12-6-8-17-9-7-12/h4-9,11H,10H2,1-3H3,(H,18,19)(H,20,21). The number of carbonyl (C=O) groups is 1. The second-order valence-electron chi connectivity index (χ2n) is 5.77. The van der Waals surface area contributed by atoms with E-state index < -0.39 is 11.7 Å². The molecule has 0 radical (unpaired) electrons. The van der Waals surface area contributed by atoms with E-state index in [4.69, 9.17) is 4.74 Å². The molecule has 116 valence electrons. The lowest BCUT2D eigenvalue weighted by molar-refractivity contribution is 0.0636. The van der Waals surface area contributed by atoms with E-state index in [0.717, 1.165) is 11.4 Å². The van der Waals surface area contributed by atoms with Crippen molar-refractivity contribution < 1.29 is 9.53 Å². The van der Waals surface area contributed by atoms with Crippen LogP contribution in [-0.2, 0) is 11.3 Å². The van der Waals surface area contributed by atoms with Crippen molar-refractivity contribution in [1.82, 2.24) is 9.97 Å². The van der Waals surface area contributed by atoms with E-state index in [-0.39, 0.29) is 0 Å². The number of ether oxygens (including phenoxy) is 1. The molecular formula is C16H20N4O2. The first-order valence-electron chi connectivity index (χ1n) is 7.01. The largest absolute Gasteiger partial charge is 0.444 e. The van der Waals surface area contributed by atoms with Crippen molar-refractivity contribution >= 4 is 17.6 Å². The molecule has 0 aliphatic heterocycles. The van der Waals surface area contributed by atoms with Crippen molar-refractivity contribution in [3.05, 3.63) is 48.4 Å². The summed E-state index contributed by atoms with van der Waals surface area (Å²) in [6.45, 7) is 6.11. The van der Waals surface area contributed by atoms with E-state index >= 15 is 0 Å². The Bertz CT molecular complexity index is 606. The predicted octanol–water partition coefficient (Wildman–Crippen LogP) is 3.44. The zero-order valence-corrected chi connectivity index (χ0v) is 13.0. The molecule has 22 heavy (non-hydrogen) atoms. The first kappa shape index (κ1) is 15.8. The summed E-state index contributed by atoms with van der Waals surface area (Å²) >= 11 is 0. The first-order chi connectivity index (χ1) is 10.4. The fourth-order valence-corrected chi connectivity index (χ4v) is 1.69. The Morgan fingerprint density at radius 2 is 1.91 bits per heavy atom. The molecular weight excluding hydrogens is 280 g/mol. The fraction of sp³-hybridized carbons (Fsp3) is 0.312. The molecule has 0 saturated carbocycles. The molecule has 2 aromatic heterocycles. The van der Waals surface area contributed by atoms with Crippen LogP contribution in [0.1, 0.15) is 26.3 Å². The van der Waals surface area contributed by atoms with E-state index in [0.29, 0.717) is 12.2 Å². The minimum atomic E-state index is -0.524. The lowest BCUT2D eigenvalue weighted by Gasteiger charge is -2.19. The number of hydrogen-bond donors (Lipinski definition) is 2. The van der Waals surface area contributed by atoms with Crippen molar-refractivity contribution in [1.29, 1.82) is 0 Å². The Balaban J connectivity index is 1.86. The van der Waals surface area contributed by atoms with E-state index in [1.54, 1.807) is 30.7 Å². The van der Waals surface area contributed by atoms with E-state index in [1.165, 1.54) is 0 Å². The van der Waals surface area contributed by atoms with Crippen LogP contribution in [0.25, 0.3) is 0 Å². The Hall–Kier alpha value is -2.63. The molecule has 0 bridgehead atoms. The molecule has 0 aliphatic carbocycles. The van der Waals surface area contributed by atoms with Crippen LogP contribution in [0.4, 0.5) is 16.3 Å². The minimum Gasteiger partial charge on any atom is -0.444 e. The van der Waals surface area contributed by atoms with Crippen molar-refractivity contribution in [3.63, 3.8) is 0 Å². The number of pyridine rings is 2. The zero-order valence-electron chi connectivity index (χ0n) is 13.0. The van der Waals surface area contributed by atoms with Crippen molar-refractivity contribution in [2.45, 2.75) is 32.9 Å². The summed E-state index contributed by atoms with van der Waals surface area (Å²) in [6, 6.07) is 7.44. The third kappa shape index (κ3) is 5.40. The highest BCUT2D eigenvalue weighted by molar-refractivity contribution is 5.84. The Kier molecular flexibility index (Phi) is 4.93. The van der Waals surface area contributed by atoms with Gasteiger partial charge >= 0.3 is 6.09 Å². The number of nitrogens with one attached hydrogen (secondary N) is 2. The number of nitrogens with zero attached hydrogens (tertiary/aromatic N) is 2. The van der Waals surface area contributed by atoms with Crippen LogP contribution in [0.15, 0.2) is 42.9 Å². The third-order valence-corrected chi connectivity index (χ3v) is 2.63. The molecule has 0 aromatic carbocycles. The summed E-state index contributed by atoms with van der Waals surface area (Å²) in [7, 11) is 0. The van der Waals surface area contributed by atoms with Gasteiger partial charge in [0.1, 0.15) is 11.4 Å². The van der Waals surface area contributed by atoms with E-state index in [2.05, 4.69) is 20.6 Å². The lowest BCUT2D eigenvalue weighted by Crippen LogP contribution is -2.27. The van der Waals surface area contributed by atoms with Gasteiger partial charge in [0, 0.05) is 18.9 Å². The number of carbonyl (C=O) groups excluding carboxylic acids is 1. The van der Waals surface area contributed by atoms with Gasteiger partial charge in [0.05, 0.1) is 11.9 Å². The third-order valence-electron chi connectivity index (χ3n) is 2.63. The molecule has 0 unspecified atom stereocenters. The first-order valence-corrected chi connectivity index (χ1v) is 7.01.